The van der Waals surface area contributed by atoms with E-state index in [1.807, 2.05) is 11.8 Å². The first-order valence-electron chi connectivity index (χ1n) is 5.69. The molecule has 0 bridgehead atoms. The average Bonchev–Trinajstić information content (AvgIpc) is 2.29. The topological polar surface area (TPSA) is 58.6 Å². The van der Waals surface area contributed by atoms with Crippen LogP contribution in [0.2, 0.25) is 0 Å². The summed E-state index contributed by atoms with van der Waals surface area (Å²) in [5.74, 6) is -0.827. The quantitative estimate of drug-likeness (QED) is 0.742. The van der Waals surface area contributed by atoms with E-state index in [2.05, 4.69) is 11.6 Å². The number of hydrogen-bond acceptors (Lipinski definition) is 4. The molecule has 1 fully saturated rings. The van der Waals surface area contributed by atoms with Crippen molar-refractivity contribution in [1.82, 2.24) is 5.32 Å². The van der Waals surface area contributed by atoms with Gasteiger partial charge in [-0.2, -0.15) is 11.8 Å². The summed E-state index contributed by atoms with van der Waals surface area (Å²) in [6.45, 7) is 0.229. The average molecular weight is 247 g/mol. The molecular formula is C11H21NO3S. The molecule has 94 valence electrons. The summed E-state index contributed by atoms with van der Waals surface area (Å²) < 4.78 is 4.93. The molecule has 0 amide bonds. The fourth-order valence-electron chi connectivity index (χ4n) is 2.19. The van der Waals surface area contributed by atoms with Gasteiger partial charge in [0.2, 0.25) is 0 Å². The zero-order valence-electron chi connectivity index (χ0n) is 9.94. The lowest BCUT2D eigenvalue weighted by Gasteiger charge is -2.33. The van der Waals surface area contributed by atoms with Gasteiger partial charge in [0.05, 0.1) is 6.61 Å². The summed E-state index contributed by atoms with van der Waals surface area (Å²) in [6.07, 6.45) is 6.79. The molecule has 0 aromatic rings. The Bertz CT molecular complexity index is 225. The first kappa shape index (κ1) is 13.8. The lowest BCUT2D eigenvalue weighted by molar-refractivity contribution is -0.141. The molecule has 1 aliphatic rings. The number of thioether (sulfide) groups is 1. The number of carboxylic acid groups (broad SMARTS) is 1. The molecule has 0 aliphatic heterocycles. The Hall–Kier alpha value is -0.260. The molecule has 16 heavy (non-hydrogen) atoms. The molecule has 4 nitrogen and oxygen atoms in total. The highest BCUT2D eigenvalue weighted by Crippen LogP contribution is 2.27. The Morgan fingerprint density at radius 1 is 1.56 bits per heavy atom. The first-order chi connectivity index (χ1) is 7.69. The Kier molecular flexibility index (Phi) is 6.16. The third-order valence-corrected chi connectivity index (χ3v) is 4.22. The number of aliphatic carboxylic acids is 1. The van der Waals surface area contributed by atoms with E-state index in [1.165, 1.54) is 26.4 Å². The molecule has 3 atom stereocenters. The molecule has 5 heteroatoms. The predicted octanol–water partition coefficient (Wildman–Crippen LogP) is 1.35. The van der Waals surface area contributed by atoms with Gasteiger partial charge < -0.3 is 9.84 Å². The maximum atomic E-state index is 11.0. The Morgan fingerprint density at radius 2 is 2.25 bits per heavy atom. The number of methoxy groups -OCH3 is 1. The summed E-state index contributed by atoms with van der Waals surface area (Å²) in [7, 11) is 1.53. The summed E-state index contributed by atoms with van der Waals surface area (Å²) in [6, 6.07) is -0.275. The van der Waals surface area contributed by atoms with Crippen LogP contribution in [0.1, 0.15) is 25.7 Å². The molecule has 0 aromatic heterocycles. The van der Waals surface area contributed by atoms with Crippen molar-refractivity contribution in [2.75, 3.05) is 20.0 Å². The van der Waals surface area contributed by atoms with Gasteiger partial charge in [-0.25, -0.2) is 0 Å². The highest BCUT2D eigenvalue weighted by atomic mass is 32.2. The van der Waals surface area contributed by atoms with Crippen molar-refractivity contribution in [2.24, 2.45) is 0 Å². The molecule has 2 N–H and O–H groups in total. The van der Waals surface area contributed by atoms with Gasteiger partial charge in [0.25, 0.3) is 0 Å². The Morgan fingerprint density at radius 3 is 2.81 bits per heavy atom. The van der Waals surface area contributed by atoms with Gasteiger partial charge in [0, 0.05) is 18.4 Å². The van der Waals surface area contributed by atoms with Crippen LogP contribution in [-0.2, 0) is 9.53 Å². The molecule has 0 saturated heterocycles. The van der Waals surface area contributed by atoms with Crippen LogP contribution < -0.4 is 5.32 Å². The predicted molar refractivity (Wildman–Crippen MR) is 66.0 cm³/mol. The molecule has 0 radical (unpaired) electrons. The number of hydrogen-bond donors (Lipinski definition) is 2. The molecule has 1 saturated carbocycles. The van der Waals surface area contributed by atoms with E-state index >= 15 is 0 Å². The molecule has 1 rings (SSSR count). The van der Waals surface area contributed by atoms with E-state index in [4.69, 9.17) is 9.84 Å². The molecule has 0 aromatic carbocycles. The lowest BCUT2D eigenvalue weighted by Crippen LogP contribution is -2.50. The first-order valence-corrected chi connectivity index (χ1v) is 6.98. The maximum Gasteiger partial charge on any atom is 0.323 e. The number of nitrogens with one attached hydrogen (secondary N) is 1. The smallest absolute Gasteiger partial charge is 0.323 e. The van der Waals surface area contributed by atoms with E-state index in [9.17, 15) is 4.79 Å². The van der Waals surface area contributed by atoms with Crippen molar-refractivity contribution in [3.05, 3.63) is 0 Å². The normalized spacial score (nSPS) is 27.6. The molecular weight excluding hydrogens is 226 g/mol. The van der Waals surface area contributed by atoms with Gasteiger partial charge in [0.1, 0.15) is 6.04 Å². The summed E-state index contributed by atoms with van der Waals surface area (Å²) in [5, 5.41) is 12.8. The summed E-state index contributed by atoms with van der Waals surface area (Å²) in [4.78, 5) is 11.0. The number of carboxylic acids is 1. The minimum absolute atomic E-state index is 0.229. The molecule has 0 spiro atoms. The van der Waals surface area contributed by atoms with E-state index < -0.39 is 12.0 Å². The summed E-state index contributed by atoms with van der Waals surface area (Å²) in [5.41, 5.74) is 0. The SMILES string of the molecule is COCC(NC1CCCCC1SC)C(=O)O. The third kappa shape index (κ3) is 3.96. The van der Waals surface area contributed by atoms with Crippen LogP contribution in [0.3, 0.4) is 0 Å². The lowest BCUT2D eigenvalue weighted by atomic mass is 9.94. The van der Waals surface area contributed by atoms with E-state index in [0.717, 1.165) is 6.42 Å². The monoisotopic (exact) mass is 247 g/mol. The zero-order chi connectivity index (χ0) is 12.0. The van der Waals surface area contributed by atoms with Crippen molar-refractivity contribution in [1.29, 1.82) is 0 Å². The second-order valence-corrected chi connectivity index (χ2v) is 5.25. The van der Waals surface area contributed by atoms with E-state index in [-0.39, 0.29) is 6.61 Å². The van der Waals surface area contributed by atoms with Gasteiger partial charge in [-0.1, -0.05) is 12.8 Å². The number of ether oxygens (including phenoxy) is 1. The van der Waals surface area contributed by atoms with Crippen molar-refractivity contribution < 1.29 is 14.6 Å². The zero-order valence-corrected chi connectivity index (χ0v) is 10.8. The second-order valence-electron chi connectivity index (χ2n) is 4.18. The standard InChI is InChI=1S/C11H21NO3S/c1-15-7-9(11(13)14)12-8-5-3-4-6-10(8)16-2/h8-10,12H,3-7H2,1-2H3,(H,13,14). The van der Waals surface area contributed by atoms with Gasteiger partial charge in [-0.15, -0.1) is 0 Å². The van der Waals surface area contributed by atoms with E-state index in [1.54, 1.807) is 0 Å². The fourth-order valence-corrected chi connectivity index (χ4v) is 3.13. The second kappa shape index (κ2) is 7.14. The van der Waals surface area contributed by atoms with Gasteiger partial charge in [-0.3, -0.25) is 10.1 Å². The van der Waals surface area contributed by atoms with Crippen LogP contribution in [0.15, 0.2) is 0 Å². The van der Waals surface area contributed by atoms with Gasteiger partial charge in [-0.05, 0) is 19.1 Å². The number of rotatable bonds is 6. The van der Waals surface area contributed by atoms with Gasteiger partial charge in [0.15, 0.2) is 0 Å². The van der Waals surface area contributed by atoms with Crippen molar-refractivity contribution in [3.8, 4) is 0 Å². The number of carbonyl (C=O) groups is 1. The van der Waals surface area contributed by atoms with Crippen LogP contribution in [-0.4, -0.2) is 48.4 Å². The minimum Gasteiger partial charge on any atom is -0.480 e. The van der Waals surface area contributed by atoms with Crippen LogP contribution >= 0.6 is 11.8 Å². The molecule has 1 aliphatic carbocycles. The Labute approximate surface area is 101 Å². The fraction of sp³-hybridized carbons (Fsp3) is 0.909. The van der Waals surface area contributed by atoms with Gasteiger partial charge >= 0.3 is 5.97 Å². The molecule has 0 heterocycles. The van der Waals surface area contributed by atoms with Crippen LogP contribution in [0, 0.1) is 0 Å². The molecule has 3 unspecified atom stereocenters. The van der Waals surface area contributed by atoms with Crippen LogP contribution in [0.25, 0.3) is 0 Å². The summed E-state index contributed by atoms with van der Waals surface area (Å²) >= 11 is 1.83. The van der Waals surface area contributed by atoms with E-state index in [0.29, 0.717) is 11.3 Å². The highest BCUT2D eigenvalue weighted by molar-refractivity contribution is 7.99. The highest BCUT2D eigenvalue weighted by Gasteiger charge is 2.28. The minimum atomic E-state index is -0.827. The van der Waals surface area contributed by atoms with Crippen LogP contribution in [0.4, 0.5) is 0 Å². The van der Waals surface area contributed by atoms with Crippen LogP contribution in [0.5, 0.6) is 0 Å². The van der Waals surface area contributed by atoms with Crippen molar-refractivity contribution in [3.63, 3.8) is 0 Å². The van der Waals surface area contributed by atoms with Crippen molar-refractivity contribution >= 4 is 17.7 Å². The third-order valence-electron chi connectivity index (χ3n) is 3.05. The maximum absolute atomic E-state index is 11.0. The van der Waals surface area contributed by atoms with Crippen molar-refractivity contribution in [2.45, 2.75) is 43.0 Å². The largest absolute Gasteiger partial charge is 0.480 e. The Balaban J connectivity index is 2.50.